The maximum atomic E-state index is 6.09. The van der Waals surface area contributed by atoms with Crippen molar-refractivity contribution in [3.8, 4) is 0 Å². The summed E-state index contributed by atoms with van der Waals surface area (Å²) in [5, 5.41) is 4.20. The molecule has 0 aliphatic rings. The lowest BCUT2D eigenvalue weighted by atomic mass is 10.1. The monoisotopic (exact) mass is 257 g/mol. The molecule has 0 heterocycles. The van der Waals surface area contributed by atoms with Crippen LogP contribution in [0.5, 0.6) is 0 Å². The minimum Gasteiger partial charge on any atom is -0.317 e. The largest absolute Gasteiger partial charge is 0.317 e. The Labute approximate surface area is 108 Å². The summed E-state index contributed by atoms with van der Waals surface area (Å²) < 4.78 is 0. The Hall–Kier alpha value is -0.180. The van der Waals surface area contributed by atoms with Crippen LogP contribution in [0.25, 0.3) is 0 Å². The van der Waals surface area contributed by atoms with Crippen LogP contribution in [0.3, 0.4) is 0 Å². The smallest absolute Gasteiger partial charge is 0.0541 e. The molecule has 1 nitrogen and oxygen atoms in total. The van der Waals surface area contributed by atoms with E-state index in [-0.39, 0.29) is 0 Å². The lowest BCUT2D eigenvalue weighted by Gasteiger charge is -2.13. The molecule has 0 bridgehead atoms. The van der Waals surface area contributed by atoms with Crippen LogP contribution >= 0.6 is 23.4 Å². The average Bonchev–Trinajstić information content (AvgIpc) is 2.31. The molecule has 3 heteroatoms. The summed E-state index contributed by atoms with van der Waals surface area (Å²) in [6, 6.07) is 8.71. The van der Waals surface area contributed by atoms with Crippen molar-refractivity contribution in [3.63, 3.8) is 0 Å². The van der Waals surface area contributed by atoms with Crippen molar-refractivity contribution in [2.45, 2.75) is 37.1 Å². The number of rotatable bonds is 7. The molecule has 1 rings (SSSR count). The van der Waals surface area contributed by atoms with Gasteiger partial charge in [-0.15, -0.1) is 11.8 Å². The van der Waals surface area contributed by atoms with Crippen molar-refractivity contribution in [3.05, 3.63) is 29.3 Å². The first-order valence-electron chi connectivity index (χ1n) is 5.82. The second-order valence-electron chi connectivity index (χ2n) is 3.81. The highest BCUT2D eigenvalue weighted by Crippen LogP contribution is 2.27. The number of benzene rings is 1. The van der Waals surface area contributed by atoms with Gasteiger partial charge in [0, 0.05) is 10.9 Å². The number of thioether (sulfide) groups is 1. The van der Waals surface area contributed by atoms with E-state index in [1.807, 2.05) is 37.0 Å². The first-order valence-corrected chi connectivity index (χ1v) is 7.18. The summed E-state index contributed by atoms with van der Waals surface area (Å²) >= 11 is 7.94. The fourth-order valence-electron chi connectivity index (χ4n) is 1.63. The van der Waals surface area contributed by atoms with Gasteiger partial charge in [0.1, 0.15) is 0 Å². The van der Waals surface area contributed by atoms with E-state index < -0.39 is 0 Å². The molecular weight excluding hydrogens is 238 g/mol. The van der Waals surface area contributed by atoms with Crippen LogP contribution in [0.2, 0.25) is 5.02 Å². The summed E-state index contributed by atoms with van der Waals surface area (Å²) in [6.45, 7) is 2.22. The summed E-state index contributed by atoms with van der Waals surface area (Å²) in [5.74, 6) is 1.14. The highest BCUT2D eigenvalue weighted by atomic mass is 35.5. The van der Waals surface area contributed by atoms with E-state index in [1.165, 1.54) is 24.2 Å². The maximum Gasteiger partial charge on any atom is 0.0541 e. The predicted octanol–water partition coefficient (Wildman–Crippen LogP) is 4.21. The van der Waals surface area contributed by atoms with E-state index >= 15 is 0 Å². The van der Waals surface area contributed by atoms with E-state index in [0.717, 1.165) is 10.8 Å². The lowest BCUT2D eigenvalue weighted by Crippen LogP contribution is -2.23. The third kappa shape index (κ3) is 4.77. The van der Waals surface area contributed by atoms with Crippen LogP contribution in [0.4, 0.5) is 0 Å². The Morgan fingerprint density at radius 1 is 1.38 bits per heavy atom. The number of halogens is 1. The second kappa shape index (κ2) is 7.99. The quantitative estimate of drug-likeness (QED) is 0.580. The van der Waals surface area contributed by atoms with Crippen molar-refractivity contribution in [1.29, 1.82) is 0 Å². The van der Waals surface area contributed by atoms with E-state index in [2.05, 4.69) is 18.3 Å². The van der Waals surface area contributed by atoms with Gasteiger partial charge in [0.2, 0.25) is 0 Å². The highest BCUT2D eigenvalue weighted by Gasteiger charge is 2.03. The highest BCUT2D eigenvalue weighted by molar-refractivity contribution is 7.99. The fraction of sp³-hybridized carbons (Fsp3) is 0.538. The molecule has 0 saturated heterocycles. The third-order valence-corrected chi connectivity index (χ3v) is 4.29. The minimum absolute atomic E-state index is 0.659. The van der Waals surface area contributed by atoms with Crippen LogP contribution in [0, 0.1) is 0 Å². The second-order valence-corrected chi connectivity index (χ2v) is 5.36. The Balaban J connectivity index is 2.23. The van der Waals surface area contributed by atoms with E-state index in [0.29, 0.717) is 6.04 Å². The van der Waals surface area contributed by atoms with Gasteiger partial charge in [0.15, 0.2) is 0 Å². The molecule has 90 valence electrons. The van der Waals surface area contributed by atoms with Gasteiger partial charge < -0.3 is 5.32 Å². The van der Waals surface area contributed by atoms with Crippen molar-refractivity contribution in [2.24, 2.45) is 0 Å². The Kier molecular flexibility index (Phi) is 6.93. The summed E-state index contributed by atoms with van der Waals surface area (Å²) in [6.07, 6.45) is 3.67. The normalized spacial score (nSPS) is 12.7. The van der Waals surface area contributed by atoms with Gasteiger partial charge >= 0.3 is 0 Å². The maximum absolute atomic E-state index is 6.09. The van der Waals surface area contributed by atoms with Crippen molar-refractivity contribution >= 4 is 23.4 Å². The zero-order chi connectivity index (χ0) is 11.8. The zero-order valence-corrected chi connectivity index (χ0v) is 11.6. The van der Waals surface area contributed by atoms with Crippen molar-refractivity contribution < 1.29 is 0 Å². The van der Waals surface area contributed by atoms with Gasteiger partial charge in [-0.3, -0.25) is 0 Å². The SMILES string of the molecule is CCC(CCCSc1ccccc1Cl)NC. The molecule has 0 aliphatic heterocycles. The summed E-state index contributed by atoms with van der Waals surface area (Å²) in [7, 11) is 2.04. The molecule has 0 fully saturated rings. The molecule has 0 amide bonds. The molecule has 0 aliphatic carbocycles. The molecule has 0 aromatic heterocycles. The van der Waals surface area contributed by atoms with Gasteiger partial charge in [0.25, 0.3) is 0 Å². The summed E-state index contributed by atoms with van der Waals surface area (Å²) in [5.41, 5.74) is 0. The minimum atomic E-state index is 0.659. The predicted molar refractivity (Wildman–Crippen MR) is 74.5 cm³/mol. The van der Waals surface area contributed by atoms with Gasteiger partial charge in [-0.1, -0.05) is 30.7 Å². The topological polar surface area (TPSA) is 12.0 Å². The van der Waals surface area contributed by atoms with Crippen LogP contribution in [-0.4, -0.2) is 18.8 Å². The third-order valence-electron chi connectivity index (χ3n) is 2.69. The molecule has 1 aromatic rings. The van der Waals surface area contributed by atoms with E-state index in [1.54, 1.807) is 0 Å². The van der Waals surface area contributed by atoms with Crippen LogP contribution in [0.1, 0.15) is 26.2 Å². The average molecular weight is 258 g/mol. The number of hydrogen-bond acceptors (Lipinski definition) is 2. The van der Waals surface area contributed by atoms with Gasteiger partial charge in [-0.25, -0.2) is 0 Å². The Bertz CT molecular complexity index is 300. The van der Waals surface area contributed by atoms with Gasteiger partial charge in [-0.2, -0.15) is 0 Å². The molecular formula is C13H20ClNS. The van der Waals surface area contributed by atoms with Crippen molar-refractivity contribution in [2.75, 3.05) is 12.8 Å². The van der Waals surface area contributed by atoms with E-state index in [4.69, 9.17) is 11.6 Å². The zero-order valence-electron chi connectivity index (χ0n) is 10.0. The lowest BCUT2D eigenvalue weighted by molar-refractivity contribution is 0.504. The molecule has 0 saturated carbocycles. The Morgan fingerprint density at radius 3 is 2.75 bits per heavy atom. The van der Waals surface area contributed by atoms with Crippen LogP contribution in [0.15, 0.2) is 29.2 Å². The first kappa shape index (κ1) is 13.9. The fourth-order valence-corrected chi connectivity index (χ4v) is 2.84. The molecule has 16 heavy (non-hydrogen) atoms. The molecule has 1 aromatic carbocycles. The van der Waals surface area contributed by atoms with Crippen LogP contribution < -0.4 is 5.32 Å². The van der Waals surface area contributed by atoms with Gasteiger partial charge in [0.05, 0.1) is 5.02 Å². The number of hydrogen-bond donors (Lipinski definition) is 1. The number of nitrogens with one attached hydrogen (secondary N) is 1. The summed E-state index contributed by atoms with van der Waals surface area (Å²) in [4.78, 5) is 1.20. The molecule has 0 radical (unpaired) electrons. The van der Waals surface area contributed by atoms with E-state index in [9.17, 15) is 0 Å². The van der Waals surface area contributed by atoms with Crippen molar-refractivity contribution in [1.82, 2.24) is 5.32 Å². The molecule has 0 spiro atoms. The van der Waals surface area contributed by atoms with Gasteiger partial charge in [-0.05, 0) is 44.2 Å². The molecule has 1 N–H and O–H groups in total. The molecule has 1 atom stereocenters. The molecule has 1 unspecified atom stereocenters. The first-order chi connectivity index (χ1) is 7.77. The van der Waals surface area contributed by atoms with Crippen LogP contribution in [-0.2, 0) is 0 Å². The Morgan fingerprint density at radius 2 is 2.12 bits per heavy atom. The standard InChI is InChI=1S/C13H20ClNS/c1-3-11(15-2)7-6-10-16-13-9-5-4-8-12(13)14/h4-5,8-9,11,15H,3,6-7,10H2,1-2H3.